The topological polar surface area (TPSA) is 114 Å². The van der Waals surface area contributed by atoms with E-state index in [1.54, 1.807) is 42.5 Å². The Bertz CT molecular complexity index is 838. The molecular weight excluding hydrogens is 335 g/mol. The van der Waals surface area contributed by atoms with Crippen molar-refractivity contribution in [3.63, 3.8) is 0 Å². The Morgan fingerprint density at radius 3 is 2.69 bits per heavy atom. The van der Waals surface area contributed by atoms with Gasteiger partial charge in [-0.25, -0.2) is 4.39 Å². The van der Waals surface area contributed by atoms with Crippen molar-refractivity contribution in [1.29, 1.82) is 0 Å². The summed E-state index contributed by atoms with van der Waals surface area (Å²) in [6.07, 6.45) is 0.492. The summed E-state index contributed by atoms with van der Waals surface area (Å²) in [6.45, 7) is 0.727. The summed E-state index contributed by atoms with van der Waals surface area (Å²) in [6, 6.07) is 11.7. The number of halogens is 1. The molecule has 1 amide bonds. The first kappa shape index (κ1) is 18.0. The van der Waals surface area contributed by atoms with Gasteiger partial charge in [0.15, 0.2) is 0 Å². The molecule has 2 aromatic rings. The number of hydrogen-bond donors (Lipinski definition) is 4. The zero-order chi connectivity index (χ0) is 18.7. The van der Waals surface area contributed by atoms with Crippen LogP contribution in [0.25, 0.3) is 0 Å². The first-order chi connectivity index (χ1) is 12.4. The van der Waals surface area contributed by atoms with Crippen LogP contribution in [0.1, 0.15) is 27.9 Å². The summed E-state index contributed by atoms with van der Waals surface area (Å²) in [5.41, 5.74) is 11.9. The number of carbonyl (C=O) groups is 1. The Morgan fingerprint density at radius 2 is 2.04 bits per heavy atom. The van der Waals surface area contributed by atoms with E-state index in [1.165, 1.54) is 6.21 Å². The molecule has 6 N–H and O–H groups in total. The van der Waals surface area contributed by atoms with Crippen LogP contribution in [0.3, 0.4) is 0 Å². The van der Waals surface area contributed by atoms with Crippen LogP contribution in [0.2, 0.25) is 0 Å². The third-order valence-electron chi connectivity index (χ3n) is 4.61. The van der Waals surface area contributed by atoms with E-state index in [2.05, 4.69) is 10.3 Å². The van der Waals surface area contributed by atoms with Crippen LogP contribution >= 0.6 is 0 Å². The molecule has 3 rings (SSSR count). The van der Waals surface area contributed by atoms with Gasteiger partial charge in [0, 0.05) is 18.3 Å². The van der Waals surface area contributed by atoms with E-state index >= 15 is 0 Å². The lowest BCUT2D eigenvalue weighted by molar-refractivity contribution is -0.0569. The average molecular weight is 356 g/mol. The van der Waals surface area contributed by atoms with Gasteiger partial charge in [-0.2, -0.15) is 0 Å². The molecule has 2 atom stereocenters. The van der Waals surface area contributed by atoms with Crippen molar-refractivity contribution < 1.29 is 14.3 Å². The molecule has 6 nitrogen and oxygen atoms in total. The monoisotopic (exact) mass is 356 g/mol. The number of nitrogens with zero attached hydrogens (tertiary/aromatic N) is 1. The molecule has 1 fully saturated rings. The number of para-hydroxylation sites is 1. The smallest absolute Gasteiger partial charge is 0.250 e. The van der Waals surface area contributed by atoms with Gasteiger partial charge in [-0.1, -0.05) is 24.3 Å². The standard InChI is InChI=1S/C19H21FN4O2/c20-16-8-9-23-11-19(16,26)13-4-6-14(7-5-13)24-10-12-2-1-3-15(17(12)21)18(22)25/h1-7,10,16,23,26H,8-9,11,21H2,(H2,22,25). The number of primary amides is 1. The molecule has 0 aliphatic carbocycles. The second-order valence-electron chi connectivity index (χ2n) is 6.34. The van der Waals surface area contributed by atoms with Crippen LogP contribution < -0.4 is 16.8 Å². The zero-order valence-corrected chi connectivity index (χ0v) is 14.2. The highest BCUT2D eigenvalue weighted by Gasteiger charge is 2.40. The summed E-state index contributed by atoms with van der Waals surface area (Å²) in [7, 11) is 0. The Morgan fingerprint density at radius 1 is 1.31 bits per heavy atom. The predicted molar refractivity (Wildman–Crippen MR) is 99.3 cm³/mol. The number of nitrogen functional groups attached to an aromatic ring is 1. The molecule has 0 spiro atoms. The van der Waals surface area contributed by atoms with E-state index in [9.17, 15) is 14.3 Å². The summed E-state index contributed by atoms with van der Waals surface area (Å²) in [4.78, 5) is 15.6. The molecule has 1 aliphatic heterocycles. The maximum atomic E-state index is 14.2. The molecule has 26 heavy (non-hydrogen) atoms. The maximum absolute atomic E-state index is 14.2. The highest BCUT2D eigenvalue weighted by molar-refractivity contribution is 6.02. The molecule has 136 valence electrons. The fourth-order valence-corrected chi connectivity index (χ4v) is 3.03. The molecule has 0 radical (unpaired) electrons. The first-order valence-electron chi connectivity index (χ1n) is 8.32. The number of nitrogens with two attached hydrogens (primary N) is 2. The number of amides is 1. The first-order valence-corrected chi connectivity index (χ1v) is 8.32. The molecule has 0 aromatic heterocycles. The minimum atomic E-state index is -1.53. The lowest BCUT2D eigenvalue weighted by atomic mass is 9.85. The number of alkyl halides is 1. The van der Waals surface area contributed by atoms with Crippen molar-refractivity contribution >= 4 is 23.5 Å². The van der Waals surface area contributed by atoms with Gasteiger partial charge in [0.2, 0.25) is 0 Å². The van der Waals surface area contributed by atoms with E-state index in [4.69, 9.17) is 11.5 Å². The van der Waals surface area contributed by atoms with Crippen molar-refractivity contribution in [1.82, 2.24) is 5.32 Å². The van der Waals surface area contributed by atoms with Crippen LogP contribution in [0.4, 0.5) is 15.8 Å². The molecule has 2 aromatic carbocycles. The van der Waals surface area contributed by atoms with Crippen LogP contribution in [-0.4, -0.2) is 36.5 Å². The lowest BCUT2D eigenvalue weighted by Gasteiger charge is -2.36. The van der Waals surface area contributed by atoms with Gasteiger partial charge in [-0.15, -0.1) is 0 Å². The highest BCUT2D eigenvalue weighted by Crippen LogP contribution is 2.32. The van der Waals surface area contributed by atoms with Crippen molar-refractivity contribution in [2.24, 2.45) is 10.7 Å². The van der Waals surface area contributed by atoms with Crippen LogP contribution in [-0.2, 0) is 5.60 Å². The normalized spacial score (nSPS) is 23.2. The van der Waals surface area contributed by atoms with Crippen molar-refractivity contribution in [2.75, 3.05) is 18.8 Å². The van der Waals surface area contributed by atoms with Crippen LogP contribution in [0, 0.1) is 0 Å². The molecular formula is C19H21FN4O2. The molecule has 1 aliphatic rings. The van der Waals surface area contributed by atoms with E-state index in [0.717, 1.165) is 0 Å². The van der Waals surface area contributed by atoms with Gasteiger partial charge in [-0.3, -0.25) is 9.79 Å². The Labute approximate surface area is 150 Å². The van der Waals surface area contributed by atoms with Crippen molar-refractivity contribution in [3.8, 4) is 0 Å². The number of piperidine rings is 1. The number of aliphatic hydroxyl groups is 1. The lowest BCUT2D eigenvalue weighted by Crippen LogP contribution is -2.51. The Hall–Kier alpha value is -2.77. The number of aliphatic imine (C=N–C) groups is 1. The minimum Gasteiger partial charge on any atom is -0.398 e. The minimum absolute atomic E-state index is 0.174. The number of hydrogen-bond acceptors (Lipinski definition) is 5. The summed E-state index contributed by atoms with van der Waals surface area (Å²) in [5.74, 6) is -0.600. The second kappa shape index (κ2) is 7.23. The van der Waals surface area contributed by atoms with Crippen molar-refractivity contribution in [2.45, 2.75) is 18.2 Å². The molecule has 1 heterocycles. The fourth-order valence-electron chi connectivity index (χ4n) is 3.03. The zero-order valence-electron chi connectivity index (χ0n) is 14.2. The quantitative estimate of drug-likeness (QED) is 0.492. The van der Waals surface area contributed by atoms with Gasteiger partial charge < -0.3 is 21.9 Å². The number of rotatable bonds is 4. The van der Waals surface area contributed by atoms with E-state index in [0.29, 0.717) is 23.4 Å². The number of anilines is 1. The fraction of sp³-hybridized carbons (Fsp3) is 0.263. The van der Waals surface area contributed by atoms with Gasteiger partial charge >= 0.3 is 0 Å². The number of β-amino-alcohol motifs (C(OH)–C–C–N with tert-alkyl or cyclic N) is 1. The van der Waals surface area contributed by atoms with Crippen molar-refractivity contribution in [3.05, 3.63) is 59.2 Å². The van der Waals surface area contributed by atoms with Crippen LogP contribution in [0.5, 0.6) is 0 Å². The predicted octanol–water partition coefficient (Wildman–Crippen LogP) is 1.64. The van der Waals surface area contributed by atoms with E-state index < -0.39 is 17.7 Å². The average Bonchev–Trinajstić information content (AvgIpc) is 2.63. The largest absolute Gasteiger partial charge is 0.398 e. The highest BCUT2D eigenvalue weighted by atomic mass is 19.1. The van der Waals surface area contributed by atoms with E-state index in [1.807, 2.05) is 0 Å². The summed E-state index contributed by atoms with van der Waals surface area (Å²) < 4.78 is 14.2. The van der Waals surface area contributed by atoms with Gasteiger partial charge in [0.1, 0.15) is 11.8 Å². The van der Waals surface area contributed by atoms with E-state index in [-0.39, 0.29) is 24.2 Å². The summed E-state index contributed by atoms with van der Waals surface area (Å²) in [5, 5.41) is 13.6. The van der Waals surface area contributed by atoms with Gasteiger partial charge in [0.25, 0.3) is 5.91 Å². The van der Waals surface area contributed by atoms with Gasteiger partial charge in [-0.05, 0) is 36.7 Å². The number of carbonyl (C=O) groups excluding carboxylic acids is 1. The third-order valence-corrected chi connectivity index (χ3v) is 4.61. The molecule has 0 saturated carbocycles. The number of nitrogens with one attached hydrogen (secondary N) is 1. The SMILES string of the molecule is NC(=O)c1cccc(C=Nc2ccc(C3(O)CNCCC3F)cc2)c1N. The molecule has 2 unspecified atom stereocenters. The third kappa shape index (κ3) is 3.44. The number of benzene rings is 2. The van der Waals surface area contributed by atoms with Gasteiger partial charge in [0.05, 0.1) is 16.9 Å². The van der Waals surface area contributed by atoms with Crippen LogP contribution in [0.15, 0.2) is 47.5 Å². The Kier molecular flexibility index (Phi) is 5.01. The molecule has 1 saturated heterocycles. The molecule has 7 heteroatoms. The summed E-state index contributed by atoms with van der Waals surface area (Å²) >= 11 is 0. The second-order valence-corrected chi connectivity index (χ2v) is 6.34. The maximum Gasteiger partial charge on any atom is 0.250 e. The molecule has 0 bridgehead atoms. The Balaban J connectivity index is 1.81.